The van der Waals surface area contributed by atoms with Crippen LogP contribution in [0.25, 0.3) is 0 Å². The van der Waals surface area contributed by atoms with Crippen molar-refractivity contribution in [3.63, 3.8) is 0 Å². The Morgan fingerprint density at radius 2 is 1.89 bits per heavy atom. The summed E-state index contributed by atoms with van der Waals surface area (Å²) in [6, 6.07) is 2.22. The summed E-state index contributed by atoms with van der Waals surface area (Å²) in [5.41, 5.74) is -0.296. The van der Waals surface area contributed by atoms with Crippen LogP contribution in [0.5, 0.6) is 0 Å². The summed E-state index contributed by atoms with van der Waals surface area (Å²) >= 11 is 14.6. The zero-order valence-electron chi connectivity index (χ0n) is 21.9. The molecule has 13 heteroatoms. The summed E-state index contributed by atoms with van der Waals surface area (Å²) < 4.78 is 5.79. The molecule has 5 fully saturated rings. The lowest BCUT2D eigenvalue weighted by atomic mass is 9.70. The molecule has 5 rings (SSSR count). The van der Waals surface area contributed by atoms with Crippen LogP contribution >= 0.6 is 35.0 Å². The second-order valence-electron chi connectivity index (χ2n) is 11.4. The number of hydrogen-bond acceptors (Lipinski definition) is 9. The Balaban J connectivity index is 1.15. The quantitative estimate of drug-likeness (QED) is 0.226. The summed E-state index contributed by atoms with van der Waals surface area (Å²) in [5.74, 6) is 0.133. The van der Waals surface area contributed by atoms with Gasteiger partial charge in [-0.25, -0.2) is 0 Å². The Hall–Kier alpha value is -0.840. The third-order valence-corrected chi connectivity index (χ3v) is 11.1. The average Bonchev–Trinajstić information content (AvgIpc) is 3.47. The molecule has 10 nitrogen and oxygen atoms in total. The lowest BCUT2D eigenvalue weighted by molar-refractivity contribution is -0.133. The zero-order valence-corrected chi connectivity index (χ0v) is 24.2. The number of amides is 2. The highest BCUT2D eigenvalue weighted by Crippen LogP contribution is 2.38. The van der Waals surface area contributed by atoms with Gasteiger partial charge in [0.1, 0.15) is 11.5 Å². The number of nitrogens with one attached hydrogen (secondary N) is 5. The van der Waals surface area contributed by atoms with Crippen LogP contribution in [-0.2, 0) is 14.3 Å². The maximum absolute atomic E-state index is 13.6. The van der Waals surface area contributed by atoms with E-state index >= 15 is 0 Å². The van der Waals surface area contributed by atoms with E-state index < -0.39 is 6.04 Å². The fourth-order valence-electron chi connectivity index (χ4n) is 6.87. The Labute approximate surface area is 239 Å². The van der Waals surface area contributed by atoms with Crippen molar-refractivity contribution in [1.29, 1.82) is 5.26 Å². The van der Waals surface area contributed by atoms with E-state index in [4.69, 9.17) is 33.2 Å². The number of halogens is 2. The molecule has 0 spiro atoms. The largest absolute Gasteiger partial charge is 0.380 e. The van der Waals surface area contributed by atoms with Crippen LogP contribution in [0.3, 0.4) is 0 Å². The van der Waals surface area contributed by atoms with Gasteiger partial charge in [-0.3, -0.25) is 20.2 Å². The van der Waals surface area contributed by atoms with Gasteiger partial charge in [-0.2, -0.15) is 5.26 Å². The maximum Gasteiger partial charge on any atom is 0.241 e. The number of carbonyl (C=O) groups excluding carboxylic acids is 2. The Kier molecular flexibility index (Phi) is 9.32. The number of thioether (sulfide) groups is 1. The molecule has 0 aliphatic carbocycles. The molecule has 0 radical (unpaired) electrons. The van der Waals surface area contributed by atoms with Gasteiger partial charge in [-0.1, -0.05) is 0 Å². The van der Waals surface area contributed by atoms with Crippen molar-refractivity contribution < 1.29 is 14.3 Å². The Morgan fingerprint density at radius 1 is 1.08 bits per heavy atom. The van der Waals surface area contributed by atoms with Crippen LogP contribution in [-0.4, -0.2) is 102 Å². The van der Waals surface area contributed by atoms with Gasteiger partial charge in [0.15, 0.2) is 0 Å². The molecule has 5 heterocycles. The topological polar surface area (TPSA) is 131 Å². The molecule has 212 valence electrons. The molecular weight excluding hydrogens is 549 g/mol. The highest BCUT2D eigenvalue weighted by molar-refractivity contribution is 8.00. The van der Waals surface area contributed by atoms with Gasteiger partial charge in [0.05, 0.1) is 34.9 Å². The molecule has 0 saturated carbocycles. The molecule has 12 atom stereocenters. The van der Waals surface area contributed by atoms with Gasteiger partial charge in [0.2, 0.25) is 11.8 Å². The lowest BCUT2D eigenvalue weighted by Crippen LogP contribution is -2.58. The van der Waals surface area contributed by atoms with E-state index in [9.17, 15) is 9.59 Å². The number of piperidine rings is 3. The molecule has 0 bridgehead atoms. The average molecular weight is 589 g/mol. The molecule has 0 aromatic carbocycles. The summed E-state index contributed by atoms with van der Waals surface area (Å²) in [4.78, 5) is 28.6. The van der Waals surface area contributed by atoms with Gasteiger partial charge >= 0.3 is 0 Å². The monoisotopic (exact) mass is 587 g/mol. The highest BCUT2D eigenvalue weighted by Gasteiger charge is 2.48. The van der Waals surface area contributed by atoms with E-state index in [-0.39, 0.29) is 69.3 Å². The maximum atomic E-state index is 13.6. The van der Waals surface area contributed by atoms with E-state index in [1.807, 2.05) is 4.90 Å². The molecule has 0 aromatic rings. The third kappa shape index (κ3) is 6.08. The first-order valence-corrected chi connectivity index (χ1v) is 15.5. The van der Waals surface area contributed by atoms with Crippen molar-refractivity contribution in [2.75, 3.05) is 39.8 Å². The van der Waals surface area contributed by atoms with Crippen LogP contribution in [0.1, 0.15) is 26.2 Å². The molecule has 2 amide bonds. The number of ether oxygens (including phenoxy) is 1. The number of methoxy groups -OCH3 is 1. The first-order valence-electron chi connectivity index (χ1n) is 13.7. The van der Waals surface area contributed by atoms with Crippen molar-refractivity contribution in [3.05, 3.63) is 0 Å². The number of nitriles is 1. The van der Waals surface area contributed by atoms with Crippen molar-refractivity contribution in [1.82, 2.24) is 31.5 Å². The van der Waals surface area contributed by atoms with E-state index in [2.05, 4.69) is 39.6 Å². The van der Waals surface area contributed by atoms with Gasteiger partial charge in [-0.15, -0.1) is 35.0 Å². The highest BCUT2D eigenvalue weighted by atomic mass is 35.5. The molecule has 5 saturated heterocycles. The van der Waals surface area contributed by atoms with Crippen molar-refractivity contribution in [2.45, 2.75) is 72.0 Å². The number of rotatable bonds is 5. The van der Waals surface area contributed by atoms with E-state index in [1.165, 1.54) is 0 Å². The van der Waals surface area contributed by atoms with E-state index in [1.54, 1.807) is 18.9 Å². The second-order valence-corrected chi connectivity index (χ2v) is 13.8. The van der Waals surface area contributed by atoms with Crippen molar-refractivity contribution in [2.24, 2.45) is 23.7 Å². The second kappa shape index (κ2) is 12.4. The number of carbonyl (C=O) groups is 2. The van der Waals surface area contributed by atoms with Gasteiger partial charge in [-0.05, 0) is 38.0 Å². The van der Waals surface area contributed by atoms with Gasteiger partial charge in [0.25, 0.3) is 0 Å². The van der Waals surface area contributed by atoms with Crippen molar-refractivity contribution in [3.8, 4) is 6.07 Å². The van der Waals surface area contributed by atoms with Gasteiger partial charge < -0.3 is 25.6 Å². The predicted molar refractivity (Wildman–Crippen MR) is 148 cm³/mol. The Morgan fingerprint density at radius 3 is 2.61 bits per heavy atom. The fraction of sp³-hybridized carbons (Fsp3) is 0.880. The minimum atomic E-state index is -0.461. The van der Waals surface area contributed by atoms with Crippen LogP contribution in [0.2, 0.25) is 0 Å². The minimum absolute atomic E-state index is 0.00344. The summed E-state index contributed by atoms with van der Waals surface area (Å²) in [7, 11) is 1.74. The normalized spacial score (nSPS) is 45.3. The Bertz CT molecular complexity index is 914. The van der Waals surface area contributed by atoms with E-state index in [0.29, 0.717) is 45.2 Å². The van der Waals surface area contributed by atoms with Crippen LogP contribution in [0.4, 0.5) is 0 Å². The number of nitrogens with zero attached hydrogens (tertiary/aromatic N) is 2. The van der Waals surface area contributed by atoms with Crippen LogP contribution in [0.15, 0.2) is 0 Å². The molecule has 38 heavy (non-hydrogen) atoms. The lowest BCUT2D eigenvalue weighted by Gasteiger charge is -2.45. The summed E-state index contributed by atoms with van der Waals surface area (Å²) in [6.45, 7) is 5.19. The summed E-state index contributed by atoms with van der Waals surface area (Å²) in [5, 5.41) is 25.7. The number of alkyl halides is 2. The van der Waals surface area contributed by atoms with E-state index in [0.717, 1.165) is 12.8 Å². The molecule has 5 aliphatic heterocycles. The van der Waals surface area contributed by atoms with Crippen molar-refractivity contribution >= 4 is 46.8 Å². The first kappa shape index (κ1) is 28.7. The molecule has 5 aliphatic rings. The molecule has 5 N–H and O–H groups in total. The predicted octanol–water partition coefficient (Wildman–Crippen LogP) is 0.215. The number of hydrogen-bond donors (Lipinski definition) is 5. The zero-order chi connectivity index (χ0) is 27.0. The molecular formula is C25H39Cl2N7O3S. The first-order chi connectivity index (χ1) is 18.3. The summed E-state index contributed by atoms with van der Waals surface area (Å²) in [6.07, 6.45) is 2.25. The molecule has 12 unspecified atom stereocenters. The third-order valence-electron chi connectivity index (χ3n) is 8.95. The fourth-order valence-corrected chi connectivity index (χ4v) is 8.99. The SMILES string of the molecule is COC1CNC(Cl)CC1C1CC(C)NCC1C(=O)NC1NC2CN(C(=O)C3NCC(C#N)CC3Cl)CC2S1. The minimum Gasteiger partial charge on any atom is -0.380 e. The molecule has 0 aromatic heterocycles. The van der Waals surface area contributed by atoms with Crippen LogP contribution in [0, 0.1) is 35.0 Å². The number of likely N-dealkylation sites (tertiary alicyclic amines) is 1. The standard InChI is InChI=1S/C25H39Cl2N7O3S/c1-12-3-14(15-5-21(27)30-9-19(15)37-2)16(8-29-12)23(35)33-25-32-18-10-34(11-20(18)38-25)24(36)22-17(26)4-13(6-28)7-31-22/h12-22,25,29-32H,3-5,7-11H2,1-2H3,(H,33,35). The smallest absolute Gasteiger partial charge is 0.241 e. The van der Waals surface area contributed by atoms with Crippen LogP contribution < -0.4 is 26.6 Å². The number of fused-ring (bicyclic) bond motifs is 1. The van der Waals surface area contributed by atoms with Gasteiger partial charge in [0, 0.05) is 57.2 Å².